The molecule has 17 heavy (non-hydrogen) atoms. The van der Waals surface area contributed by atoms with Gasteiger partial charge in [-0.3, -0.25) is 0 Å². The number of hydrogen-bond donors (Lipinski definition) is 0. The number of ether oxygens (including phenoxy) is 1. The molecule has 2 heteroatoms. The zero-order valence-electron chi connectivity index (χ0n) is 12.1. The summed E-state index contributed by atoms with van der Waals surface area (Å²) in [4.78, 5) is 2.52. The Labute approximate surface area is 108 Å². The van der Waals surface area contributed by atoms with Gasteiger partial charge in [-0.2, -0.15) is 0 Å². The first-order chi connectivity index (χ1) is 8.14. The van der Waals surface area contributed by atoms with Crippen molar-refractivity contribution in [3.8, 4) is 0 Å². The monoisotopic (exact) mass is 241 g/mol. The van der Waals surface area contributed by atoms with Gasteiger partial charge in [0.2, 0.25) is 0 Å². The summed E-state index contributed by atoms with van der Waals surface area (Å²) in [5.41, 5.74) is 0.361. The molecule has 0 aromatic rings. The van der Waals surface area contributed by atoms with Gasteiger partial charge in [-0.15, -0.1) is 0 Å². The van der Waals surface area contributed by atoms with E-state index in [2.05, 4.69) is 25.7 Å². The molecule has 2 nitrogen and oxygen atoms in total. The summed E-state index contributed by atoms with van der Waals surface area (Å²) in [5, 5.41) is 0. The topological polar surface area (TPSA) is 12.5 Å². The van der Waals surface area contributed by atoms with Crippen LogP contribution in [0.3, 0.4) is 0 Å². The summed E-state index contributed by atoms with van der Waals surface area (Å²) in [6, 6.07) is 0. The number of nitrogens with zero attached hydrogens (tertiary/aromatic N) is 1. The standard InChI is InChI=1S/C15H31NO/c1-4-5-6-9-15(2,3)14-17-13-12-16-10-7-8-11-16/h4-14H2,1-3H3. The molecule has 0 aliphatic carbocycles. The zero-order valence-corrected chi connectivity index (χ0v) is 12.1. The van der Waals surface area contributed by atoms with Crippen LogP contribution < -0.4 is 0 Å². The highest BCUT2D eigenvalue weighted by molar-refractivity contribution is 4.69. The quantitative estimate of drug-likeness (QED) is 0.571. The van der Waals surface area contributed by atoms with Crippen molar-refractivity contribution in [1.82, 2.24) is 4.90 Å². The van der Waals surface area contributed by atoms with E-state index in [1.807, 2.05) is 0 Å². The first kappa shape index (κ1) is 15.0. The number of hydrogen-bond acceptors (Lipinski definition) is 2. The molecule has 1 fully saturated rings. The molecule has 1 aliphatic rings. The molecule has 102 valence electrons. The van der Waals surface area contributed by atoms with E-state index in [0.29, 0.717) is 5.41 Å². The van der Waals surface area contributed by atoms with Crippen LogP contribution in [0.5, 0.6) is 0 Å². The molecular weight excluding hydrogens is 210 g/mol. The van der Waals surface area contributed by atoms with E-state index < -0.39 is 0 Å². The Bertz CT molecular complexity index is 185. The highest BCUT2D eigenvalue weighted by Crippen LogP contribution is 2.23. The summed E-state index contributed by atoms with van der Waals surface area (Å²) in [7, 11) is 0. The van der Waals surface area contributed by atoms with Crippen LogP contribution >= 0.6 is 0 Å². The van der Waals surface area contributed by atoms with Gasteiger partial charge in [0.1, 0.15) is 0 Å². The van der Waals surface area contributed by atoms with Crippen molar-refractivity contribution in [3.63, 3.8) is 0 Å². The predicted molar refractivity (Wildman–Crippen MR) is 74.4 cm³/mol. The minimum Gasteiger partial charge on any atom is -0.380 e. The maximum absolute atomic E-state index is 5.85. The minimum atomic E-state index is 0.361. The van der Waals surface area contributed by atoms with Crippen LogP contribution in [-0.2, 0) is 4.74 Å². The smallest absolute Gasteiger partial charge is 0.0593 e. The zero-order chi connectivity index (χ0) is 12.6. The Hall–Kier alpha value is -0.0800. The van der Waals surface area contributed by atoms with Crippen LogP contribution in [0.25, 0.3) is 0 Å². The maximum atomic E-state index is 5.85. The molecule has 0 radical (unpaired) electrons. The van der Waals surface area contributed by atoms with Gasteiger partial charge in [-0.1, -0.05) is 40.0 Å². The molecule has 1 heterocycles. The fraction of sp³-hybridized carbons (Fsp3) is 1.00. The molecule has 0 saturated carbocycles. The first-order valence-corrected chi connectivity index (χ1v) is 7.44. The van der Waals surface area contributed by atoms with E-state index in [0.717, 1.165) is 19.8 Å². The van der Waals surface area contributed by atoms with E-state index in [1.165, 1.54) is 51.6 Å². The van der Waals surface area contributed by atoms with Crippen LogP contribution in [0, 0.1) is 5.41 Å². The average Bonchev–Trinajstić information content (AvgIpc) is 2.77. The van der Waals surface area contributed by atoms with Gasteiger partial charge in [0.05, 0.1) is 13.2 Å². The van der Waals surface area contributed by atoms with Gasteiger partial charge in [0.25, 0.3) is 0 Å². The van der Waals surface area contributed by atoms with E-state index >= 15 is 0 Å². The van der Waals surface area contributed by atoms with Gasteiger partial charge in [-0.05, 0) is 37.8 Å². The summed E-state index contributed by atoms with van der Waals surface area (Å²) in [6.45, 7) is 12.5. The number of unbranched alkanes of at least 4 members (excludes halogenated alkanes) is 2. The van der Waals surface area contributed by atoms with Crippen molar-refractivity contribution >= 4 is 0 Å². The largest absolute Gasteiger partial charge is 0.380 e. The molecule has 0 amide bonds. The molecule has 0 N–H and O–H groups in total. The summed E-state index contributed by atoms with van der Waals surface area (Å²) < 4.78 is 5.85. The Morgan fingerprint density at radius 2 is 1.82 bits per heavy atom. The fourth-order valence-corrected chi connectivity index (χ4v) is 2.47. The van der Waals surface area contributed by atoms with Crippen molar-refractivity contribution in [3.05, 3.63) is 0 Å². The van der Waals surface area contributed by atoms with Crippen LogP contribution in [0.2, 0.25) is 0 Å². The third kappa shape index (κ3) is 7.05. The number of likely N-dealkylation sites (tertiary alicyclic amines) is 1. The molecule has 1 rings (SSSR count). The molecule has 0 aromatic heterocycles. The normalized spacial score (nSPS) is 17.8. The Kier molecular flexibility index (Phi) is 7.14. The van der Waals surface area contributed by atoms with Crippen LogP contribution in [-0.4, -0.2) is 37.7 Å². The maximum Gasteiger partial charge on any atom is 0.0593 e. The predicted octanol–water partition coefficient (Wildman–Crippen LogP) is 3.71. The third-order valence-electron chi connectivity index (χ3n) is 3.70. The summed E-state index contributed by atoms with van der Waals surface area (Å²) in [5.74, 6) is 0. The van der Waals surface area contributed by atoms with Gasteiger partial charge < -0.3 is 9.64 Å². The molecule has 1 aliphatic heterocycles. The highest BCUT2D eigenvalue weighted by atomic mass is 16.5. The highest BCUT2D eigenvalue weighted by Gasteiger charge is 2.18. The van der Waals surface area contributed by atoms with Gasteiger partial charge in [0.15, 0.2) is 0 Å². The second-order valence-corrected chi connectivity index (χ2v) is 6.22. The van der Waals surface area contributed by atoms with Gasteiger partial charge >= 0.3 is 0 Å². The average molecular weight is 241 g/mol. The lowest BCUT2D eigenvalue weighted by Crippen LogP contribution is -2.26. The second kappa shape index (κ2) is 8.10. The van der Waals surface area contributed by atoms with Crippen molar-refractivity contribution in [2.24, 2.45) is 5.41 Å². The summed E-state index contributed by atoms with van der Waals surface area (Å²) >= 11 is 0. The summed E-state index contributed by atoms with van der Waals surface area (Å²) in [6.07, 6.45) is 8.07. The van der Waals surface area contributed by atoms with Gasteiger partial charge in [-0.25, -0.2) is 0 Å². The lowest BCUT2D eigenvalue weighted by molar-refractivity contribution is 0.0457. The molecule has 0 atom stereocenters. The molecule has 0 bridgehead atoms. The molecule has 1 saturated heterocycles. The Morgan fingerprint density at radius 3 is 2.47 bits per heavy atom. The molecule has 0 aromatic carbocycles. The SMILES string of the molecule is CCCCCC(C)(C)COCCN1CCCC1. The Morgan fingerprint density at radius 1 is 1.12 bits per heavy atom. The lowest BCUT2D eigenvalue weighted by atomic mass is 9.88. The Balaban J connectivity index is 1.99. The van der Waals surface area contributed by atoms with E-state index in [-0.39, 0.29) is 0 Å². The van der Waals surface area contributed by atoms with E-state index in [9.17, 15) is 0 Å². The number of rotatable bonds is 9. The van der Waals surface area contributed by atoms with Crippen LogP contribution in [0.4, 0.5) is 0 Å². The third-order valence-corrected chi connectivity index (χ3v) is 3.70. The van der Waals surface area contributed by atoms with Crippen LogP contribution in [0.15, 0.2) is 0 Å². The van der Waals surface area contributed by atoms with Crippen molar-refractivity contribution in [2.75, 3.05) is 32.8 Å². The second-order valence-electron chi connectivity index (χ2n) is 6.22. The van der Waals surface area contributed by atoms with E-state index in [1.54, 1.807) is 0 Å². The van der Waals surface area contributed by atoms with Crippen molar-refractivity contribution in [2.45, 2.75) is 59.3 Å². The molecule has 0 unspecified atom stereocenters. The molecular formula is C15H31NO. The van der Waals surface area contributed by atoms with Crippen molar-refractivity contribution < 1.29 is 4.74 Å². The molecule has 0 spiro atoms. The fourth-order valence-electron chi connectivity index (χ4n) is 2.47. The van der Waals surface area contributed by atoms with Crippen molar-refractivity contribution in [1.29, 1.82) is 0 Å². The minimum absolute atomic E-state index is 0.361. The van der Waals surface area contributed by atoms with Crippen LogP contribution in [0.1, 0.15) is 59.3 Å². The van der Waals surface area contributed by atoms with E-state index in [4.69, 9.17) is 4.74 Å². The lowest BCUT2D eigenvalue weighted by Gasteiger charge is -2.25. The van der Waals surface area contributed by atoms with Gasteiger partial charge in [0, 0.05) is 6.54 Å². The first-order valence-electron chi connectivity index (χ1n) is 7.44.